The van der Waals surface area contributed by atoms with Crippen LogP contribution >= 0.6 is 0 Å². The van der Waals surface area contributed by atoms with Crippen LogP contribution in [0.5, 0.6) is 0 Å². The summed E-state index contributed by atoms with van der Waals surface area (Å²) in [6.07, 6.45) is 9.53. The van der Waals surface area contributed by atoms with Gasteiger partial charge in [0.05, 0.1) is 11.7 Å². The normalized spacial score (nSPS) is 19.0. The summed E-state index contributed by atoms with van der Waals surface area (Å²) in [6, 6.07) is 6.40. The molecular formula is C31H33N11O4. The van der Waals surface area contributed by atoms with Gasteiger partial charge in [-0.1, -0.05) is 35.9 Å². The summed E-state index contributed by atoms with van der Waals surface area (Å²) < 4.78 is 1.41. The maximum Gasteiger partial charge on any atom is 0.270 e. The number of amides is 2. The molecule has 2 amide bonds. The molecule has 2 heterocycles. The van der Waals surface area contributed by atoms with Crippen LogP contribution in [0.3, 0.4) is 0 Å². The molecule has 4 aromatic rings. The molecule has 1 aliphatic carbocycles. The Hall–Kier alpha value is -5.96. The van der Waals surface area contributed by atoms with Crippen molar-refractivity contribution in [2.75, 3.05) is 12.4 Å². The number of hydrogen-bond donors (Lipinski definition) is 6. The number of amidine groups is 1. The number of rotatable bonds is 8. The Morgan fingerprint density at radius 2 is 1.85 bits per heavy atom. The van der Waals surface area contributed by atoms with Gasteiger partial charge in [-0.3, -0.25) is 19.2 Å². The highest BCUT2D eigenvalue weighted by atomic mass is 16.2. The number of hydrazine groups is 1. The van der Waals surface area contributed by atoms with E-state index < -0.39 is 22.7 Å². The molecule has 5 rings (SSSR count). The Balaban J connectivity index is 1.26. The predicted molar refractivity (Wildman–Crippen MR) is 174 cm³/mol. The van der Waals surface area contributed by atoms with Crippen LogP contribution in [-0.2, 0) is 6.54 Å². The van der Waals surface area contributed by atoms with Crippen molar-refractivity contribution in [3.05, 3.63) is 109 Å². The predicted octanol–water partition coefficient (Wildman–Crippen LogP) is 0.830. The molecule has 0 saturated heterocycles. The minimum atomic E-state index is -0.623. The lowest BCUT2D eigenvalue weighted by molar-refractivity contribution is 0.0937. The molecule has 1 aliphatic rings. The van der Waals surface area contributed by atoms with Gasteiger partial charge < -0.3 is 27.2 Å². The third-order valence-corrected chi connectivity index (χ3v) is 7.89. The van der Waals surface area contributed by atoms with E-state index in [2.05, 4.69) is 41.5 Å². The second-order valence-corrected chi connectivity index (χ2v) is 10.7. The van der Waals surface area contributed by atoms with Crippen molar-refractivity contribution < 1.29 is 9.59 Å². The number of nitrogens with one attached hydrogen (secondary N) is 4. The summed E-state index contributed by atoms with van der Waals surface area (Å²) in [5.41, 5.74) is 5.83. The Morgan fingerprint density at radius 3 is 2.57 bits per heavy atom. The van der Waals surface area contributed by atoms with Gasteiger partial charge in [-0.25, -0.2) is 20.5 Å². The molecule has 46 heavy (non-hydrogen) atoms. The number of carbonyl (C=O) groups excluding carboxylic acids is 2. The van der Waals surface area contributed by atoms with Gasteiger partial charge in [0.1, 0.15) is 29.1 Å². The van der Waals surface area contributed by atoms with Crippen molar-refractivity contribution >= 4 is 34.2 Å². The van der Waals surface area contributed by atoms with Gasteiger partial charge in [0.2, 0.25) is 0 Å². The van der Waals surface area contributed by atoms with E-state index in [9.17, 15) is 19.2 Å². The van der Waals surface area contributed by atoms with E-state index in [0.717, 1.165) is 34.0 Å². The first-order valence-electron chi connectivity index (χ1n) is 14.4. The highest BCUT2D eigenvalue weighted by molar-refractivity contribution is 6.02. The number of nitrogens with zero attached hydrogens (tertiary/aromatic N) is 5. The highest BCUT2D eigenvalue weighted by Crippen LogP contribution is 2.23. The fourth-order valence-corrected chi connectivity index (χ4v) is 5.14. The Morgan fingerprint density at radius 1 is 1.09 bits per heavy atom. The topological polar surface area (TPSA) is 224 Å². The average Bonchev–Trinajstić information content (AvgIpc) is 3.50. The second kappa shape index (κ2) is 13.4. The summed E-state index contributed by atoms with van der Waals surface area (Å²) in [5.74, 6) is 10.4. The number of allylic oxidation sites excluding steroid dienone is 3. The molecule has 15 nitrogen and oxygen atoms in total. The van der Waals surface area contributed by atoms with Crippen LogP contribution in [0.2, 0.25) is 0 Å². The van der Waals surface area contributed by atoms with Gasteiger partial charge >= 0.3 is 0 Å². The molecule has 8 N–H and O–H groups in total. The van der Waals surface area contributed by atoms with E-state index in [0.29, 0.717) is 24.2 Å². The molecule has 0 bridgehead atoms. The standard InChI is InChI=1S/C31H33N11O4/c1-16-7-10-20(5-4-6-21(17(16)2)29(40-32)41-33)39-31(46)23-12-22(36-15-37-23)30(45)35-13-18-8-9-19-14-38-42(24(19)11-18)26-25(34-3)27(43)28(26)44/h4-6,8-9,11-12,14-15,20,34H,7,10,13,32-33H2,1-3H3,(H,35,45)(H,39,46)(H,40,41)/b5-4+,17-16+,21-6+. The minimum absolute atomic E-state index is 0.0172. The number of benzene rings is 1. The SMILES string of the molecule is CNc1c(-n2ncc3ccc(CNC(=O)c4cc(C(=O)NC5/C=C/C=C(C(=N/N)/NN)\C(C)=C(/C)CC5)ncn4)cc32)c(=O)c1=O. The second-order valence-electron chi connectivity index (χ2n) is 10.7. The molecule has 0 aliphatic heterocycles. The van der Waals surface area contributed by atoms with Crippen LogP contribution in [0.15, 0.2) is 86.4 Å². The Kier molecular flexibility index (Phi) is 9.13. The molecule has 1 unspecified atom stereocenters. The van der Waals surface area contributed by atoms with Crippen LogP contribution in [-0.4, -0.2) is 50.5 Å². The van der Waals surface area contributed by atoms with E-state index in [4.69, 9.17) is 11.7 Å². The molecule has 0 saturated carbocycles. The van der Waals surface area contributed by atoms with E-state index in [1.165, 1.54) is 10.7 Å². The number of carbonyl (C=O) groups is 2. The first-order valence-corrected chi connectivity index (χ1v) is 14.4. The lowest BCUT2D eigenvalue weighted by atomic mass is 9.98. The van der Waals surface area contributed by atoms with Crippen molar-refractivity contribution in [2.45, 2.75) is 39.3 Å². The van der Waals surface area contributed by atoms with Gasteiger partial charge in [-0.2, -0.15) is 10.2 Å². The summed E-state index contributed by atoms with van der Waals surface area (Å²) in [5, 5.41) is 17.2. The largest absolute Gasteiger partial charge is 0.383 e. The molecule has 0 fully saturated rings. The summed E-state index contributed by atoms with van der Waals surface area (Å²) in [4.78, 5) is 58.4. The number of fused-ring (bicyclic) bond motifs is 1. The minimum Gasteiger partial charge on any atom is -0.383 e. The van der Waals surface area contributed by atoms with Crippen LogP contribution in [0.4, 0.5) is 5.69 Å². The number of nitrogens with two attached hydrogens (primary N) is 2. The number of anilines is 1. The summed E-state index contributed by atoms with van der Waals surface area (Å²) >= 11 is 0. The average molecular weight is 624 g/mol. The van der Waals surface area contributed by atoms with Crippen molar-refractivity contribution in [1.82, 2.24) is 35.8 Å². The Labute approximate surface area is 262 Å². The fourth-order valence-electron chi connectivity index (χ4n) is 5.14. The quantitative estimate of drug-likeness (QED) is 0.0530. The maximum absolute atomic E-state index is 13.1. The monoisotopic (exact) mass is 623 g/mol. The number of aromatic nitrogens is 4. The third-order valence-electron chi connectivity index (χ3n) is 7.89. The van der Waals surface area contributed by atoms with Gasteiger partial charge in [0.15, 0.2) is 5.84 Å². The molecule has 0 radical (unpaired) electrons. The van der Waals surface area contributed by atoms with E-state index in [1.807, 2.05) is 32.1 Å². The first kappa shape index (κ1) is 31.5. The van der Waals surface area contributed by atoms with Gasteiger partial charge in [0, 0.05) is 36.7 Å². The number of hydrogen-bond acceptors (Lipinski definition) is 11. The molecule has 236 valence electrons. The third kappa shape index (κ3) is 6.16. The van der Waals surface area contributed by atoms with Crippen LogP contribution in [0.1, 0.15) is 53.2 Å². The molecule has 1 atom stereocenters. The lowest BCUT2D eigenvalue weighted by Gasteiger charge is -2.16. The molecule has 0 spiro atoms. The molecule has 2 aromatic heterocycles. The van der Waals surface area contributed by atoms with Gasteiger partial charge in [-0.15, -0.1) is 0 Å². The zero-order valence-corrected chi connectivity index (χ0v) is 25.4. The highest BCUT2D eigenvalue weighted by Gasteiger charge is 2.24. The van der Waals surface area contributed by atoms with Crippen molar-refractivity contribution in [2.24, 2.45) is 16.8 Å². The van der Waals surface area contributed by atoms with E-state index >= 15 is 0 Å². The van der Waals surface area contributed by atoms with Crippen molar-refractivity contribution in [3.8, 4) is 5.69 Å². The Bertz CT molecular complexity index is 2030. The van der Waals surface area contributed by atoms with Crippen molar-refractivity contribution in [3.63, 3.8) is 0 Å². The zero-order chi connectivity index (χ0) is 33.0. The van der Waals surface area contributed by atoms with Crippen LogP contribution < -0.4 is 43.9 Å². The fraction of sp³-hybridized carbons (Fsp3) is 0.226. The maximum atomic E-state index is 13.1. The smallest absolute Gasteiger partial charge is 0.270 e. The number of hydrazone groups is 1. The van der Waals surface area contributed by atoms with E-state index in [1.54, 1.807) is 31.5 Å². The van der Waals surface area contributed by atoms with Gasteiger partial charge in [-0.05, 0) is 43.9 Å². The van der Waals surface area contributed by atoms with Gasteiger partial charge in [0.25, 0.3) is 22.7 Å². The first-order chi connectivity index (χ1) is 22.2. The zero-order valence-electron chi connectivity index (χ0n) is 25.4. The summed E-state index contributed by atoms with van der Waals surface area (Å²) in [6.45, 7) is 4.07. The van der Waals surface area contributed by atoms with E-state index in [-0.39, 0.29) is 35.3 Å². The lowest BCUT2D eigenvalue weighted by Crippen LogP contribution is -2.38. The molecule has 15 heteroatoms. The molecular weight excluding hydrogens is 590 g/mol. The summed E-state index contributed by atoms with van der Waals surface area (Å²) in [7, 11) is 1.56. The van der Waals surface area contributed by atoms with Crippen molar-refractivity contribution in [1.29, 1.82) is 0 Å². The van der Waals surface area contributed by atoms with Crippen LogP contribution in [0, 0.1) is 0 Å². The van der Waals surface area contributed by atoms with Crippen LogP contribution in [0.25, 0.3) is 16.6 Å². The molecule has 2 aromatic carbocycles.